The van der Waals surface area contributed by atoms with Crippen LogP contribution >= 0.6 is 0 Å². The lowest BCUT2D eigenvalue weighted by Crippen LogP contribution is -2.35. The van der Waals surface area contributed by atoms with Crippen molar-refractivity contribution in [2.24, 2.45) is 0 Å². The van der Waals surface area contributed by atoms with Crippen LogP contribution in [0.4, 0.5) is 8.78 Å². The number of carbonyl (C=O) groups is 1. The van der Waals surface area contributed by atoms with Crippen LogP contribution in [0.5, 0.6) is 11.5 Å². The first-order chi connectivity index (χ1) is 16.2. The van der Waals surface area contributed by atoms with Crippen LogP contribution in [0.2, 0.25) is 0 Å². The highest BCUT2D eigenvalue weighted by atomic mass is 19.3. The summed E-state index contributed by atoms with van der Waals surface area (Å²) in [6, 6.07) is 8.59. The Balaban J connectivity index is 1.79. The van der Waals surface area contributed by atoms with E-state index in [4.69, 9.17) is 14.2 Å². The number of halogens is 2. The summed E-state index contributed by atoms with van der Waals surface area (Å²) in [5.74, 6) is -0.809. The van der Waals surface area contributed by atoms with Crippen molar-refractivity contribution in [3.63, 3.8) is 0 Å². The highest BCUT2D eigenvalue weighted by Crippen LogP contribution is 2.37. The number of imidazole rings is 1. The topological polar surface area (TPSA) is 97.9 Å². The molecular formula is C24H24F2N4O4. The summed E-state index contributed by atoms with van der Waals surface area (Å²) in [4.78, 5) is 17.3. The Morgan fingerprint density at radius 1 is 1.35 bits per heavy atom. The van der Waals surface area contributed by atoms with Gasteiger partial charge in [0, 0.05) is 18.4 Å². The minimum Gasteiger partial charge on any atom is -0.496 e. The summed E-state index contributed by atoms with van der Waals surface area (Å²) in [6.07, 6.45) is 3.96. The second kappa shape index (κ2) is 9.27. The molecule has 34 heavy (non-hydrogen) atoms. The van der Waals surface area contributed by atoms with E-state index in [0.29, 0.717) is 36.5 Å². The fourth-order valence-electron chi connectivity index (χ4n) is 3.86. The number of rotatable bonds is 7. The van der Waals surface area contributed by atoms with Gasteiger partial charge in [-0.05, 0) is 50.1 Å². The lowest BCUT2D eigenvalue weighted by molar-refractivity contribution is -0.0502. The first-order valence-electron chi connectivity index (χ1n) is 10.7. The molecule has 1 atom stereocenters. The van der Waals surface area contributed by atoms with E-state index in [1.165, 1.54) is 13.2 Å². The van der Waals surface area contributed by atoms with Gasteiger partial charge in [-0.15, -0.1) is 0 Å². The van der Waals surface area contributed by atoms with E-state index in [1.807, 2.05) is 13.8 Å². The molecule has 1 aromatic carbocycles. The van der Waals surface area contributed by atoms with Gasteiger partial charge in [0.25, 0.3) is 5.91 Å². The van der Waals surface area contributed by atoms with E-state index < -0.39 is 17.9 Å². The number of alkyl halides is 2. The summed E-state index contributed by atoms with van der Waals surface area (Å²) < 4.78 is 43.7. The standard InChI is InChI=1S/C24H24F2N4O4/c1-24(2,13-27)15-4-6-30-17(11-28-20(30)10-15)14-8-18(32-3)21(19(9-14)34-23(25)26)22(31)29-16-5-7-33-12-16/h4,6,8-11,16,23H,5,7,12H2,1-3H3,(H,29,31). The molecule has 1 aliphatic heterocycles. The van der Waals surface area contributed by atoms with Crippen LogP contribution in [-0.2, 0) is 10.2 Å². The second-order valence-corrected chi connectivity index (χ2v) is 8.49. The molecule has 0 aliphatic carbocycles. The normalized spacial score (nSPS) is 16.0. The van der Waals surface area contributed by atoms with Gasteiger partial charge in [-0.3, -0.25) is 9.20 Å². The van der Waals surface area contributed by atoms with Gasteiger partial charge in [0.1, 0.15) is 22.7 Å². The lowest BCUT2D eigenvalue weighted by atomic mass is 9.87. The average molecular weight is 470 g/mol. The molecule has 1 unspecified atom stereocenters. The molecule has 3 aromatic rings. The number of fused-ring (bicyclic) bond motifs is 1. The molecule has 0 bridgehead atoms. The Morgan fingerprint density at radius 3 is 2.76 bits per heavy atom. The molecule has 3 heterocycles. The Kier molecular flexibility index (Phi) is 6.39. The minimum atomic E-state index is -3.14. The molecule has 2 aromatic heterocycles. The number of pyridine rings is 1. The number of aromatic nitrogens is 2. The third-order valence-electron chi connectivity index (χ3n) is 5.80. The highest BCUT2D eigenvalue weighted by molar-refractivity contribution is 6.01. The van der Waals surface area contributed by atoms with Crippen LogP contribution in [0.1, 0.15) is 36.2 Å². The summed E-state index contributed by atoms with van der Waals surface area (Å²) in [6.45, 7) is 1.35. The van der Waals surface area contributed by atoms with Crippen molar-refractivity contribution in [2.75, 3.05) is 20.3 Å². The molecule has 8 nitrogen and oxygen atoms in total. The van der Waals surface area contributed by atoms with E-state index in [-0.39, 0.29) is 23.1 Å². The summed E-state index contributed by atoms with van der Waals surface area (Å²) in [7, 11) is 1.35. The zero-order valence-corrected chi connectivity index (χ0v) is 19.0. The zero-order chi connectivity index (χ0) is 24.5. The number of hydrogen-bond donors (Lipinski definition) is 1. The number of ether oxygens (including phenoxy) is 3. The van der Waals surface area contributed by atoms with E-state index in [9.17, 15) is 18.8 Å². The van der Waals surface area contributed by atoms with Gasteiger partial charge < -0.3 is 19.5 Å². The maximum atomic E-state index is 13.3. The monoisotopic (exact) mass is 470 g/mol. The number of nitrogens with zero attached hydrogens (tertiary/aromatic N) is 3. The van der Waals surface area contributed by atoms with Crippen LogP contribution in [0.25, 0.3) is 16.9 Å². The van der Waals surface area contributed by atoms with E-state index in [0.717, 1.165) is 5.56 Å². The molecule has 178 valence electrons. The van der Waals surface area contributed by atoms with Crippen molar-refractivity contribution >= 4 is 11.6 Å². The Hall–Kier alpha value is -3.71. The van der Waals surface area contributed by atoms with Gasteiger partial charge >= 0.3 is 6.61 Å². The van der Waals surface area contributed by atoms with Crippen molar-refractivity contribution in [1.29, 1.82) is 5.26 Å². The molecule has 0 saturated carbocycles. The summed E-state index contributed by atoms with van der Waals surface area (Å²) in [5, 5.41) is 12.2. The van der Waals surface area contributed by atoms with Gasteiger partial charge in [-0.1, -0.05) is 0 Å². The number of nitriles is 1. The van der Waals surface area contributed by atoms with Gasteiger partial charge in [-0.2, -0.15) is 14.0 Å². The average Bonchev–Trinajstić information content (AvgIpc) is 3.47. The van der Waals surface area contributed by atoms with Crippen molar-refractivity contribution < 1.29 is 27.8 Å². The van der Waals surface area contributed by atoms with Crippen LogP contribution < -0.4 is 14.8 Å². The van der Waals surface area contributed by atoms with Crippen LogP contribution in [0, 0.1) is 11.3 Å². The van der Waals surface area contributed by atoms with E-state index in [1.54, 1.807) is 35.0 Å². The maximum absolute atomic E-state index is 13.3. The predicted molar refractivity (Wildman–Crippen MR) is 119 cm³/mol. The Bertz CT molecular complexity index is 1260. The molecule has 0 spiro atoms. The van der Waals surface area contributed by atoms with Gasteiger partial charge in [-0.25, -0.2) is 4.98 Å². The molecule has 1 aliphatic rings. The number of carbonyl (C=O) groups excluding carboxylic acids is 1. The zero-order valence-electron chi connectivity index (χ0n) is 19.0. The SMILES string of the molecule is COc1cc(-c2cnc3cc(C(C)(C)C#N)ccn23)cc(OC(F)F)c1C(=O)NC1CCOC1. The van der Waals surface area contributed by atoms with E-state index >= 15 is 0 Å². The molecule has 0 radical (unpaired) electrons. The summed E-state index contributed by atoms with van der Waals surface area (Å²) in [5.41, 5.74) is 1.59. The van der Waals surface area contributed by atoms with Gasteiger partial charge in [0.15, 0.2) is 0 Å². The Morgan fingerprint density at radius 2 is 2.12 bits per heavy atom. The van der Waals surface area contributed by atoms with Crippen molar-refractivity contribution in [1.82, 2.24) is 14.7 Å². The van der Waals surface area contributed by atoms with Gasteiger partial charge in [0.2, 0.25) is 0 Å². The number of hydrogen-bond acceptors (Lipinski definition) is 6. The fourth-order valence-corrected chi connectivity index (χ4v) is 3.86. The van der Waals surface area contributed by atoms with E-state index in [2.05, 4.69) is 16.4 Å². The second-order valence-electron chi connectivity index (χ2n) is 8.49. The number of amides is 1. The number of benzene rings is 1. The van der Waals surface area contributed by atoms with Crippen LogP contribution in [0.3, 0.4) is 0 Å². The predicted octanol–water partition coefficient (Wildman–Crippen LogP) is 3.93. The number of nitrogens with one attached hydrogen (secondary N) is 1. The number of methoxy groups -OCH3 is 1. The first-order valence-corrected chi connectivity index (χ1v) is 10.7. The van der Waals surface area contributed by atoms with Crippen LogP contribution in [-0.4, -0.2) is 48.3 Å². The maximum Gasteiger partial charge on any atom is 0.387 e. The smallest absolute Gasteiger partial charge is 0.387 e. The Labute approximate surface area is 195 Å². The van der Waals surface area contributed by atoms with Crippen molar-refractivity contribution in [3.8, 4) is 28.8 Å². The largest absolute Gasteiger partial charge is 0.496 e. The summed E-state index contributed by atoms with van der Waals surface area (Å²) >= 11 is 0. The molecular weight excluding hydrogens is 446 g/mol. The highest BCUT2D eigenvalue weighted by Gasteiger charge is 2.27. The first kappa shape index (κ1) is 23.4. The molecule has 1 amide bonds. The third kappa shape index (κ3) is 4.52. The van der Waals surface area contributed by atoms with Crippen molar-refractivity contribution in [3.05, 3.63) is 47.8 Å². The molecule has 1 fully saturated rings. The molecule has 1 saturated heterocycles. The lowest BCUT2D eigenvalue weighted by Gasteiger charge is -2.18. The minimum absolute atomic E-state index is 0.0850. The quantitative estimate of drug-likeness (QED) is 0.562. The fraction of sp³-hybridized carbons (Fsp3) is 0.375. The molecule has 4 rings (SSSR count). The van der Waals surface area contributed by atoms with Crippen molar-refractivity contribution in [2.45, 2.75) is 38.3 Å². The third-order valence-corrected chi connectivity index (χ3v) is 5.80. The van der Waals surface area contributed by atoms with Gasteiger partial charge in [0.05, 0.1) is 43.1 Å². The molecule has 1 N–H and O–H groups in total. The van der Waals surface area contributed by atoms with Crippen LogP contribution in [0.15, 0.2) is 36.7 Å². The molecule has 10 heteroatoms.